The van der Waals surface area contributed by atoms with E-state index < -0.39 is 0 Å². The van der Waals surface area contributed by atoms with E-state index in [1.165, 1.54) is 0 Å². The minimum absolute atomic E-state index is 0. The Balaban J connectivity index is 0. The number of carbonyl (C=O) groups is 1. The van der Waals surface area contributed by atoms with Crippen molar-refractivity contribution in [3.8, 4) is 0 Å². The molecule has 0 bridgehead atoms. The molecule has 60 valence electrons. The van der Waals surface area contributed by atoms with Crippen LogP contribution >= 0.6 is 0 Å². The molecule has 3 heteroatoms. The largest absolute Gasteiger partial charge is 1.00 e. The highest BCUT2D eigenvalue weighted by atomic mass is 35.5. The van der Waals surface area contributed by atoms with Crippen LogP contribution < -0.4 is 12.4 Å². The summed E-state index contributed by atoms with van der Waals surface area (Å²) in [5, 5.41) is 0. The first kappa shape index (κ1) is 12.3. The Morgan fingerprint density at radius 1 is 1.30 bits per heavy atom. The second-order valence-corrected chi connectivity index (χ2v) is 3.04. The number of halogens is 1. The van der Waals surface area contributed by atoms with Gasteiger partial charge < -0.3 is 16.9 Å². The molecule has 0 atom stereocenters. The van der Waals surface area contributed by atoms with Crippen LogP contribution in [0.15, 0.2) is 12.3 Å². The average molecular weight is 164 g/mol. The van der Waals surface area contributed by atoms with Crippen molar-refractivity contribution in [1.29, 1.82) is 0 Å². The van der Waals surface area contributed by atoms with Crippen molar-refractivity contribution in [1.82, 2.24) is 0 Å². The average Bonchev–Trinajstić information content (AvgIpc) is 1.59. The smallest absolute Gasteiger partial charge is 0.157 e. The maximum absolute atomic E-state index is 10.4. The zero-order chi connectivity index (χ0) is 7.49. The van der Waals surface area contributed by atoms with Crippen molar-refractivity contribution in [3.05, 3.63) is 12.3 Å². The Morgan fingerprint density at radius 2 is 1.70 bits per heavy atom. The Labute approximate surface area is 68.5 Å². The summed E-state index contributed by atoms with van der Waals surface area (Å²) in [6, 6.07) is 0. The normalized spacial score (nSPS) is 11.2. The molecule has 0 N–H and O–H groups in total. The summed E-state index contributed by atoms with van der Waals surface area (Å²) in [5.74, 6) is 0.100. The fourth-order valence-electron chi connectivity index (χ4n) is 0.329. The molecule has 2 nitrogen and oxygen atoms in total. The zero-order valence-corrected chi connectivity index (χ0v) is 7.64. The lowest BCUT2D eigenvalue weighted by atomic mass is 10.4. The third kappa shape index (κ3) is 10.6. The van der Waals surface area contributed by atoms with Crippen LogP contribution in [-0.2, 0) is 4.79 Å². The molecule has 0 unspecified atom stereocenters. The molecule has 0 spiro atoms. The van der Waals surface area contributed by atoms with Gasteiger partial charge in [0.15, 0.2) is 5.78 Å². The monoisotopic (exact) mass is 163 g/mol. The number of ketones is 1. The minimum Gasteiger partial charge on any atom is -1.00 e. The number of quaternary nitrogens is 1. The number of hydrogen-bond donors (Lipinski definition) is 0. The summed E-state index contributed by atoms with van der Waals surface area (Å²) in [6.07, 6.45) is 3.43. The van der Waals surface area contributed by atoms with Crippen LogP contribution in [-0.4, -0.2) is 31.4 Å². The van der Waals surface area contributed by atoms with Crippen LogP contribution in [0.3, 0.4) is 0 Å². The molecule has 10 heavy (non-hydrogen) atoms. The van der Waals surface area contributed by atoms with Crippen LogP contribution in [0, 0.1) is 0 Å². The van der Waals surface area contributed by atoms with Gasteiger partial charge in [0.1, 0.15) is 0 Å². The van der Waals surface area contributed by atoms with Crippen LogP contribution in [0.4, 0.5) is 0 Å². The predicted octanol–water partition coefficient (Wildman–Crippen LogP) is -2.20. The van der Waals surface area contributed by atoms with Gasteiger partial charge in [-0.1, -0.05) is 0 Å². The van der Waals surface area contributed by atoms with Crippen molar-refractivity contribution in [2.24, 2.45) is 0 Å². The highest BCUT2D eigenvalue weighted by molar-refractivity contribution is 5.86. The van der Waals surface area contributed by atoms with Crippen molar-refractivity contribution >= 4 is 5.78 Å². The van der Waals surface area contributed by atoms with Crippen molar-refractivity contribution in [2.75, 3.05) is 21.1 Å². The molecule has 0 fully saturated rings. The third-order valence-corrected chi connectivity index (χ3v) is 0.756. The summed E-state index contributed by atoms with van der Waals surface area (Å²) in [5.41, 5.74) is 0. The van der Waals surface area contributed by atoms with Crippen molar-refractivity contribution in [2.45, 2.75) is 6.92 Å². The van der Waals surface area contributed by atoms with Gasteiger partial charge in [-0.2, -0.15) is 0 Å². The lowest BCUT2D eigenvalue weighted by Gasteiger charge is -2.16. The third-order valence-electron chi connectivity index (χ3n) is 0.756. The summed E-state index contributed by atoms with van der Waals surface area (Å²) in [7, 11) is 6.00. The maximum Gasteiger partial charge on any atom is 0.157 e. The molecule has 0 aromatic heterocycles. The number of allylic oxidation sites excluding steroid dienone is 1. The van der Waals surface area contributed by atoms with E-state index in [2.05, 4.69) is 0 Å². The molecule has 0 aliphatic carbocycles. The van der Waals surface area contributed by atoms with Gasteiger partial charge in [-0.15, -0.1) is 0 Å². The van der Waals surface area contributed by atoms with E-state index in [4.69, 9.17) is 0 Å². The van der Waals surface area contributed by atoms with Crippen LogP contribution in [0.1, 0.15) is 6.92 Å². The molecule has 0 aromatic carbocycles. The molecule has 0 saturated carbocycles. The maximum atomic E-state index is 10.4. The van der Waals surface area contributed by atoms with Crippen molar-refractivity contribution < 1.29 is 21.7 Å². The zero-order valence-electron chi connectivity index (χ0n) is 6.89. The van der Waals surface area contributed by atoms with Gasteiger partial charge in [0.2, 0.25) is 0 Å². The Kier molecular flexibility index (Phi) is 5.52. The van der Waals surface area contributed by atoms with Crippen LogP contribution in [0.2, 0.25) is 0 Å². The van der Waals surface area contributed by atoms with Gasteiger partial charge >= 0.3 is 0 Å². The Hall–Kier alpha value is -0.340. The fraction of sp³-hybridized carbons (Fsp3) is 0.571. The lowest BCUT2D eigenvalue weighted by molar-refractivity contribution is -0.817. The summed E-state index contributed by atoms with van der Waals surface area (Å²) >= 11 is 0. The first-order valence-corrected chi connectivity index (χ1v) is 2.93. The lowest BCUT2D eigenvalue weighted by Crippen LogP contribution is -3.00. The van der Waals surface area contributed by atoms with Gasteiger partial charge in [-0.05, 0) is 6.92 Å². The van der Waals surface area contributed by atoms with Crippen LogP contribution in [0.5, 0.6) is 0 Å². The molecule has 0 saturated heterocycles. The second-order valence-electron chi connectivity index (χ2n) is 3.04. The number of rotatable bonds is 2. The standard InChI is InChI=1S/C7H14NO.ClH/c1-7(9)5-6-8(2,3)4;/h5-6H,1-4H3;1H/q+1;/p-1/b6-5+;. The fourth-order valence-corrected chi connectivity index (χ4v) is 0.329. The van der Waals surface area contributed by atoms with E-state index >= 15 is 0 Å². The first-order valence-electron chi connectivity index (χ1n) is 2.93. The second kappa shape index (κ2) is 4.47. The summed E-state index contributed by atoms with van der Waals surface area (Å²) < 4.78 is 0.694. The highest BCUT2D eigenvalue weighted by Gasteiger charge is 1.99. The highest BCUT2D eigenvalue weighted by Crippen LogP contribution is 1.90. The molecule has 0 aliphatic rings. The quantitative estimate of drug-likeness (QED) is 0.334. The van der Waals surface area contributed by atoms with Crippen LogP contribution in [0.25, 0.3) is 0 Å². The molecule has 0 amide bonds. The van der Waals surface area contributed by atoms with E-state index in [1.807, 2.05) is 27.3 Å². The first-order chi connectivity index (χ1) is 3.92. The van der Waals surface area contributed by atoms with E-state index in [9.17, 15) is 4.79 Å². The topological polar surface area (TPSA) is 17.1 Å². The van der Waals surface area contributed by atoms with Gasteiger partial charge in [0.25, 0.3) is 0 Å². The van der Waals surface area contributed by atoms with Crippen molar-refractivity contribution in [3.63, 3.8) is 0 Å². The van der Waals surface area contributed by atoms with Gasteiger partial charge in [0.05, 0.1) is 27.3 Å². The summed E-state index contributed by atoms with van der Waals surface area (Å²) in [4.78, 5) is 10.4. The van der Waals surface area contributed by atoms with Gasteiger partial charge in [-0.25, -0.2) is 0 Å². The molecule has 0 radical (unpaired) electrons. The van der Waals surface area contributed by atoms with Gasteiger partial charge in [0, 0.05) is 6.08 Å². The minimum atomic E-state index is 0. The molecular weight excluding hydrogens is 150 g/mol. The SMILES string of the molecule is CC(=O)/C=C/[N+](C)(C)C.[Cl-]. The molecule has 0 aromatic rings. The number of hydrogen-bond acceptors (Lipinski definition) is 1. The number of carbonyl (C=O) groups excluding carboxylic acids is 1. The molecule has 0 heterocycles. The molecule has 0 aliphatic heterocycles. The molecular formula is C7H14ClNO. The van der Waals surface area contributed by atoms with Gasteiger partial charge in [-0.3, -0.25) is 4.79 Å². The predicted molar refractivity (Wildman–Crippen MR) is 37.9 cm³/mol. The van der Waals surface area contributed by atoms with E-state index in [1.54, 1.807) is 13.0 Å². The van der Waals surface area contributed by atoms with E-state index in [0.29, 0.717) is 4.48 Å². The molecule has 0 rings (SSSR count). The van der Waals surface area contributed by atoms with E-state index in [0.717, 1.165) is 0 Å². The Morgan fingerprint density at radius 3 is 1.80 bits per heavy atom. The van der Waals surface area contributed by atoms with E-state index in [-0.39, 0.29) is 18.2 Å². The Bertz CT molecular complexity index is 135. The summed E-state index contributed by atoms with van der Waals surface area (Å²) in [6.45, 7) is 1.55. The number of nitrogens with zero attached hydrogens (tertiary/aromatic N) is 1.